The van der Waals surface area contributed by atoms with Gasteiger partial charge in [0.25, 0.3) is 5.91 Å². The van der Waals surface area contributed by atoms with Gasteiger partial charge in [-0.05, 0) is 38.1 Å². The topological polar surface area (TPSA) is 69.0 Å². The average molecular weight is 322 g/mol. The van der Waals surface area contributed by atoms with E-state index in [1.807, 2.05) is 37.3 Å². The normalized spacial score (nSPS) is 11.8. The zero-order chi connectivity index (χ0) is 16.9. The van der Waals surface area contributed by atoms with E-state index in [2.05, 4.69) is 15.4 Å². The summed E-state index contributed by atoms with van der Waals surface area (Å²) in [6.07, 6.45) is 2.80. The van der Waals surface area contributed by atoms with Crippen molar-refractivity contribution in [1.82, 2.24) is 14.8 Å². The molecule has 0 aliphatic rings. The molecule has 1 amide bonds. The van der Waals surface area contributed by atoms with Crippen molar-refractivity contribution in [3.05, 3.63) is 66.6 Å². The molecular formula is C18H18N4O2. The van der Waals surface area contributed by atoms with Crippen LogP contribution in [0.1, 0.15) is 12.6 Å². The lowest BCUT2D eigenvalue weighted by atomic mass is 10.3. The Balaban J connectivity index is 1.65. The van der Waals surface area contributed by atoms with E-state index in [1.165, 1.54) is 0 Å². The lowest BCUT2D eigenvalue weighted by Crippen LogP contribution is -2.30. The number of anilines is 1. The number of pyridine rings is 1. The fourth-order valence-corrected chi connectivity index (χ4v) is 2.18. The first kappa shape index (κ1) is 15.7. The molecule has 0 saturated heterocycles. The van der Waals surface area contributed by atoms with Gasteiger partial charge in [-0.3, -0.25) is 9.78 Å². The lowest BCUT2D eigenvalue weighted by molar-refractivity contribution is -0.122. The van der Waals surface area contributed by atoms with Crippen LogP contribution >= 0.6 is 0 Å². The summed E-state index contributed by atoms with van der Waals surface area (Å²) in [5, 5.41) is 7.14. The molecule has 1 N–H and O–H groups in total. The largest absolute Gasteiger partial charge is 0.463 e. The van der Waals surface area contributed by atoms with E-state index in [0.717, 1.165) is 11.4 Å². The maximum absolute atomic E-state index is 12.2. The zero-order valence-corrected chi connectivity index (χ0v) is 13.5. The molecule has 122 valence electrons. The molecule has 6 nitrogen and oxygen atoms in total. The Bertz CT molecular complexity index is 830. The molecular weight excluding hydrogens is 304 g/mol. The Kier molecular flexibility index (Phi) is 4.56. The molecule has 0 radical (unpaired) electrons. The summed E-state index contributed by atoms with van der Waals surface area (Å²) < 4.78 is 7.33. The Morgan fingerprint density at radius 1 is 1.17 bits per heavy atom. The molecule has 24 heavy (non-hydrogen) atoms. The van der Waals surface area contributed by atoms with Crippen molar-refractivity contribution >= 4 is 11.6 Å². The summed E-state index contributed by atoms with van der Waals surface area (Å²) in [6, 6.07) is 15.0. The molecule has 0 bridgehead atoms. The Hall–Kier alpha value is -3.15. The van der Waals surface area contributed by atoms with Gasteiger partial charge in [-0.15, -0.1) is 5.10 Å². The monoisotopic (exact) mass is 322 g/mol. The van der Waals surface area contributed by atoms with Crippen LogP contribution in [-0.2, 0) is 4.79 Å². The second-order valence-electron chi connectivity index (χ2n) is 5.32. The number of carbonyl (C=O) groups excluding carboxylic acids is 1. The summed E-state index contributed by atoms with van der Waals surface area (Å²) in [5.41, 5.74) is 2.36. The molecule has 0 unspecified atom stereocenters. The van der Waals surface area contributed by atoms with Crippen LogP contribution in [0, 0.1) is 6.92 Å². The highest BCUT2D eigenvalue weighted by molar-refractivity contribution is 5.94. The number of hydrogen-bond donors (Lipinski definition) is 1. The van der Waals surface area contributed by atoms with E-state index in [-0.39, 0.29) is 5.91 Å². The molecule has 0 aliphatic heterocycles. The third kappa shape index (κ3) is 3.60. The fourth-order valence-electron chi connectivity index (χ4n) is 2.18. The van der Waals surface area contributed by atoms with Gasteiger partial charge >= 0.3 is 0 Å². The van der Waals surface area contributed by atoms with Crippen LogP contribution in [-0.4, -0.2) is 26.8 Å². The summed E-state index contributed by atoms with van der Waals surface area (Å²) in [5.74, 6) is 0.143. The van der Waals surface area contributed by atoms with Crippen molar-refractivity contribution in [1.29, 1.82) is 0 Å². The first-order valence-electron chi connectivity index (χ1n) is 7.64. The number of ether oxygens (including phenoxy) is 1. The van der Waals surface area contributed by atoms with Crippen LogP contribution in [0.5, 0.6) is 5.88 Å². The summed E-state index contributed by atoms with van der Waals surface area (Å²) in [4.78, 5) is 16.4. The number of hydrogen-bond acceptors (Lipinski definition) is 4. The molecule has 3 aromatic rings. The lowest BCUT2D eigenvalue weighted by Gasteiger charge is -2.13. The standard InChI is InChI=1S/C18H18N4O2/c1-13-16(9-6-11-19-13)20-18(23)14(2)24-17-10-12-22(21-17)15-7-4-3-5-8-15/h3-12,14H,1-2H3,(H,20,23)/t14-/m1/s1. The van der Waals surface area contributed by atoms with Crippen LogP contribution in [0.15, 0.2) is 60.9 Å². The smallest absolute Gasteiger partial charge is 0.265 e. The SMILES string of the molecule is Cc1ncccc1NC(=O)[C@@H](C)Oc1ccn(-c2ccccc2)n1. The number of amides is 1. The number of rotatable bonds is 5. The summed E-state index contributed by atoms with van der Waals surface area (Å²) in [7, 11) is 0. The number of nitrogens with zero attached hydrogens (tertiary/aromatic N) is 3. The Labute approximate surface area is 140 Å². The van der Waals surface area contributed by atoms with Gasteiger partial charge in [0.1, 0.15) is 0 Å². The van der Waals surface area contributed by atoms with Crippen molar-refractivity contribution in [3.8, 4) is 11.6 Å². The minimum atomic E-state index is -0.677. The number of carbonyl (C=O) groups is 1. The molecule has 2 heterocycles. The van der Waals surface area contributed by atoms with Gasteiger partial charge in [-0.25, -0.2) is 4.68 Å². The van der Waals surface area contributed by atoms with Crippen LogP contribution in [0.4, 0.5) is 5.69 Å². The van der Waals surface area contributed by atoms with Crippen LogP contribution in [0.2, 0.25) is 0 Å². The predicted molar refractivity (Wildman–Crippen MR) is 91.3 cm³/mol. The van der Waals surface area contributed by atoms with Crippen LogP contribution in [0.25, 0.3) is 5.69 Å². The van der Waals surface area contributed by atoms with Gasteiger partial charge in [0.15, 0.2) is 6.10 Å². The highest BCUT2D eigenvalue weighted by Crippen LogP contribution is 2.15. The molecule has 3 rings (SSSR count). The van der Waals surface area contributed by atoms with Crippen molar-refractivity contribution in [2.24, 2.45) is 0 Å². The molecule has 0 spiro atoms. The first-order chi connectivity index (χ1) is 11.6. The van der Waals surface area contributed by atoms with Crippen molar-refractivity contribution in [2.75, 3.05) is 5.32 Å². The van der Waals surface area contributed by atoms with Gasteiger partial charge in [-0.2, -0.15) is 0 Å². The molecule has 6 heteroatoms. The first-order valence-corrected chi connectivity index (χ1v) is 7.64. The van der Waals surface area contributed by atoms with Gasteiger partial charge in [0.05, 0.1) is 17.1 Å². The van der Waals surface area contributed by atoms with E-state index in [1.54, 1.807) is 42.2 Å². The van der Waals surface area contributed by atoms with Crippen LogP contribution in [0.3, 0.4) is 0 Å². The average Bonchev–Trinajstić information content (AvgIpc) is 3.06. The van der Waals surface area contributed by atoms with Crippen molar-refractivity contribution in [3.63, 3.8) is 0 Å². The molecule has 0 aliphatic carbocycles. The van der Waals surface area contributed by atoms with Gasteiger partial charge < -0.3 is 10.1 Å². The summed E-state index contributed by atoms with van der Waals surface area (Å²) >= 11 is 0. The second kappa shape index (κ2) is 6.95. The van der Waals surface area contributed by atoms with E-state index in [0.29, 0.717) is 11.6 Å². The van der Waals surface area contributed by atoms with Crippen molar-refractivity contribution in [2.45, 2.75) is 20.0 Å². The van der Waals surface area contributed by atoms with Crippen molar-refractivity contribution < 1.29 is 9.53 Å². The number of benzene rings is 1. The molecule has 1 aromatic carbocycles. The number of nitrogens with one attached hydrogen (secondary N) is 1. The molecule has 2 aromatic heterocycles. The van der Waals surface area contributed by atoms with E-state index < -0.39 is 6.10 Å². The third-order valence-electron chi connectivity index (χ3n) is 3.52. The summed E-state index contributed by atoms with van der Waals surface area (Å²) in [6.45, 7) is 3.52. The number of aryl methyl sites for hydroxylation is 1. The second-order valence-corrected chi connectivity index (χ2v) is 5.32. The van der Waals surface area contributed by atoms with Gasteiger partial charge in [-0.1, -0.05) is 18.2 Å². The Morgan fingerprint density at radius 2 is 1.96 bits per heavy atom. The minimum Gasteiger partial charge on any atom is -0.463 e. The highest BCUT2D eigenvalue weighted by Gasteiger charge is 2.17. The Morgan fingerprint density at radius 3 is 2.71 bits per heavy atom. The van der Waals surface area contributed by atoms with Gasteiger partial charge in [0.2, 0.25) is 5.88 Å². The van der Waals surface area contributed by atoms with E-state index in [9.17, 15) is 4.79 Å². The maximum Gasteiger partial charge on any atom is 0.265 e. The maximum atomic E-state index is 12.2. The van der Waals surface area contributed by atoms with Crippen LogP contribution < -0.4 is 10.1 Å². The quantitative estimate of drug-likeness (QED) is 0.784. The van der Waals surface area contributed by atoms with Gasteiger partial charge in [0, 0.05) is 18.5 Å². The number of aromatic nitrogens is 3. The fraction of sp³-hybridized carbons (Fsp3) is 0.167. The predicted octanol–water partition coefficient (Wildman–Crippen LogP) is 2.98. The minimum absolute atomic E-state index is 0.250. The zero-order valence-electron chi connectivity index (χ0n) is 13.5. The molecule has 0 fully saturated rings. The molecule has 0 saturated carbocycles. The third-order valence-corrected chi connectivity index (χ3v) is 3.52. The number of para-hydroxylation sites is 1. The van der Waals surface area contributed by atoms with E-state index in [4.69, 9.17) is 4.74 Å². The highest BCUT2D eigenvalue weighted by atomic mass is 16.5. The van der Waals surface area contributed by atoms with E-state index >= 15 is 0 Å². The molecule has 1 atom stereocenters.